The second kappa shape index (κ2) is 6.07. The first-order valence-corrected chi connectivity index (χ1v) is 6.90. The monoisotopic (exact) mass is 334 g/mol. The maximum atomic E-state index is 11.4. The number of nitrogens with two attached hydrogens (primary N) is 2. The third-order valence-electron chi connectivity index (χ3n) is 2.84. The molecule has 4 N–H and O–H groups in total. The van der Waals surface area contributed by atoms with Crippen LogP contribution in [0.5, 0.6) is 11.5 Å². The van der Waals surface area contributed by atoms with E-state index in [1.54, 1.807) is 24.3 Å². The van der Waals surface area contributed by atoms with Crippen LogP contribution in [0.1, 0.15) is 28.9 Å². The standard InChI is InChI=1S/C15H15BrN2O2/c1-9(17)11-7-6-10(16)8-14(11)20-13-5-3-2-4-12(13)15(18)19/h2-9H,17H2,1H3,(H2,18,19). The smallest absolute Gasteiger partial charge is 0.252 e. The highest BCUT2D eigenvalue weighted by atomic mass is 79.9. The molecule has 1 amide bonds. The minimum atomic E-state index is -0.530. The Morgan fingerprint density at radius 3 is 2.55 bits per heavy atom. The fourth-order valence-corrected chi connectivity index (χ4v) is 2.19. The molecule has 0 spiro atoms. The lowest BCUT2D eigenvalue weighted by molar-refractivity contribution is 0.0998. The minimum Gasteiger partial charge on any atom is -0.456 e. The molecule has 104 valence electrons. The predicted octanol–water partition coefficient (Wildman–Crippen LogP) is 3.36. The van der Waals surface area contributed by atoms with Crippen molar-refractivity contribution in [3.63, 3.8) is 0 Å². The number of carbonyl (C=O) groups is 1. The first kappa shape index (κ1) is 14.6. The highest BCUT2D eigenvalue weighted by Gasteiger charge is 2.13. The van der Waals surface area contributed by atoms with Crippen LogP contribution < -0.4 is 16.2 Å². The number of hydrogen-bond donors (Lipinski definition) is 2. The number of para-hydroxylation sites is 1. The Bertz CT molecular complexity index is 642. The molecule has 20 heavy (non-hydrogen) atoms. The van der Waals surface area contributed by atoms with Gasteiger partial charge in [0.25, 0.3) is 5.91 Å². The van der Waals surface area contributed by atoms with Gasteiger partial charge in [-0.2, -0.15) is 0 Å². The molecule has 2 aromatic carbocycles. The van der Waals surface area contributed by atoms with Crippen LogP contribution in [0.4, 0.5) is 0 Å². The third-order valence-corrected chi connectivity index (χ3v) is 3.33. The lowest BCUT2D eigenvalue weighted by Gasteiger charge is -2.15. The molecule has 0 aliphatic rings. The Labute approximate surface area is 125 Å². The Morgan fingerprint density at radius 2 is 1.90 bits per heavy atom. The van der Waals surface area contributed by atoms with Crippen molar-refractivity contribution in [2.24, 2.45) is 11.5 Å². The molecule has 0 saturated carbocycles. The molecule has 4 nitrogen and oxygen atoms in total. The predicted molar refractivity (Wildman–Crippen MR) is 81.8 cm³/mol. The summed E-state index contributed by atoms with van der Waals surface area (Å²) in [5.41, 5.74) is 12.5. The van der Waals surface area contributed by atoms with Crippen molar-refractivity contribution in [3.05, 3.63) is 58.1 Å². The van der Waals surface area contributed by atoms with Crippen molar-refractivity contribution in [2.75, 3.05) is 0 Å². The summed E-state index contributed by atoms with van der Waals surface area (Å²) < 4.78 is 6.70. The van der Waals surface area contributed by atoms with Gasteiger partial charge in [-0.25, -0.2) is 0 Å². The number of benzene rings is 2. The largest absolute Gasteiger partial charge is 0.456 e. The van der Waals surface area contributed by atoms with E-state index < -0.39 is 5.91 Å². The number of hydrogen-bond acceptors (Lipinski definition) is 3. The van der Waals surface area contributed by atoms with Crippen molar-refractivity contribution in [1.82, 2.24) is 0 Å². The van der Waals surface area contributed by atoms with E-state index in [9.17, 15) is 4.79 Å². The van der Waals surface area contributed by atoms with Gasteiger partial charge in [-0.1, -0.05) is 34.1 Å². The number of amides is 1. The zero-order valence-corrected chi connectivity index (χ0v) is 12.6. The molecule has 0 aliphatic carbocycles. The molecule has 1 unspecified atom stereocenters. The lowest BCUT2D eigenvalue weighted by atomic mass is 10.1. The molecule has 0 aromatic heterocycles. The first-order valence-electron chi connectivity index (χ1n) is 6.10. The van der Waals surface area contributed by atoms with Gasteiger partial charge in [-0.15, -0.1) is 0 Å². The zero-order chi connectivity index (χ0) is 14.7. The van der Waals surface area contributed by atoms with E-state index in [2.05, 4.69) is 15.9 Å². The Hall–Kier alpha value is -1.85. The summed E-state index contributed by atoms with van der Waals surface area (Å²) in [6, 6.07) is 12.3. The van der Waals surface area contributed by atoms with Crippen LogP contribution in [0.25, 0.3) is 0 Å². The van der Waals surface area contributed by atoms with Gasteiger partial charge < -0.3 is 16.2 Å². The summed E-state index contributed by atoms with van der Waals surface area (Å²) in [6.45, 7) is 1.87. The highest BCUT2D eigenvalue weighted by Crippen LogP contribution is 2.32. The van der Waals surface area contributed by atoms with Gasteiger partial charge in [-0.3, -0.25) is 4.79 Å². The summed E-state index contributed by atoms with van der Waals surface area (Å²) in [6.07, 6.45) is 0. The van der Waals surface area contributed by atoms with E-state index in [4.69, 9.17) is 16.2 Å². The van der Waals surface area contributed by atoms with Crippen LogP contribution in [-0.4, -0.2) is 5.91 Å². The Morgan fingerprint density at radius 1 is 1.20 bits per heavy atom. The second-order valence-electron chi connectivity index (χ2n) is 4.43. The molecule has 0 radical (unpaired) electrons. The molecule has 0 saturated heterocycles. The fourth-order valence-electron chi connectivity index (χ4n) is 1.85. The normalized spacial score (nSPS) is 11.9. The van der Waals surface area contributed by atoms with Crippen LogP contribution in [0, 0.1) is 0 Å². The first-order chi connectivity index (χ1) is 9.49. The third kappa shape index (κ3) is 3.18. The van der Waals surface area contributed by atoms with Crippen LogP contribution in [0.2, 0.25) is 0 Å². The van der Waals surface area contributed by atoms with E-state index in [0.29, 0.717) is 17.1 Å². The fraction of sp³-hybridized carbons (Fsp3) is 0.133. The van der Waals surface area contributed by atoms with Gasteiger partial charge in [0.05, 0.1) is 5.56 Å². The molecule has 0 bridgehead atoms. The van der Waals surface area contributed by atoms with Crippen LogP contribution in [0.3, 0.4) is 0 Å². The summed E-state index contributed by atoms with van der Waals surface area (Å²) in [4.78, 5) is 11.4. The number of carbonyl (C=O) groups excluding carboxylic acids is 1. The maximum absolute atomic E-state index is 11.4. The van der Waals surface area contributed by atoms with Gasteiger partial charge in [0.15, 0.2) is 0 Å². The summed E-state index contributed by atoms with van der Waals surface area (Å²) in [5.74, 6) is 0.487. The highest BCUT2D eigenvalue weighted by molar-refractivity contribution is 9.10. The number of rotatable bonds is 4. The van der Waals surface area contributed by atoms with Crippen LogP contribution in [-0.2, 0) is 0 Å². The topological polar surface area (TPSA) is 78.3 Å². The molecular formula is C15H15BrN2O2. The molecule has 2 aromatic rings. The quantitative estimate of drug-likeness (QED) is 0.899. The van der Waals surface area contributed by atoms with E-state index in [1.807, 2.05) is 25.1 Å². The van der Waals surface area contributed by atoms with Crippen LogP contribution >= 0.6 is 15.9 Å². The number of ether oxygens (including phenoxy) is 1. The van der Waals surface area contributed by atoms with E-state index in [1.165, 1.54) is 0 Å². The van der Waals surface area contributed by atoms with Crippen molar-refractivity contribution < 1.29 is 9.53 Å². The van der Waals surface area contributed by atoms with Gasteiger partial charge in [0, 0.05) is 16.1 Å². The second-order valence-corrected chi connectivity index (χ2v) is 5.35. The van der Waals surface area contributed by atoms with E-state index in [0.717, 1.165) is 10.0 Å². The van der Waals surface area contributed by atoms with Gasteiger partial charge in [0.1, 0.15) is 11.5 Å². The molecule has 0 heterocycles. The van der Waals surface area contributed by atoms with Crippen molar-refractivity contribution in [3.8, 4) is 11.5 Å². The summed E-state index contributed by atoms with van der Waals surface area (Å²) in [5, 5.41) is 0. The van der Waals surface area contributed by atoms with Crippen molar-refractivity contribution in [2.45, 2.75) is 13.0 Å². The van der Waals surface area contributed by atoms with Crippen molar-refractivity contribution in [1.29, 1.82) is 0 Å². The molecule has 0 aliphatic heterocycles. The van der Waals surface area contributed by atoms with Gasteiger partial charge in [-0.05, 0) is 31.2 Å². The lowest BCUT2D eigenvalue weighted by Crippen LogP contribution is -2.12. The molecule has 2 rings (SSSR count). The number of halogens is 1. The molecule has 0 fully saturated rings. The molecular weight excluding hydrogens is 320 g/mol. The van der Waals surface area contributed by atoms with Crippen LogP contribution in [0.15, 0.2) is 46.9 Å². The number of primary amides is 1. The van der Waals surface area contributed by atoms with E-state index in [-0.39, 0.29) is 6.04 Å². The maximum Gasteiger partial charge on any atom is 0.252 e. The SMILES string of the molecule is CC(N)c1ccc(Br)cc1Oc1ccccc1C(N)=O. The summed E-state index contributed by atoms with van der Waals surface area (Å²) >= 11 is 3.39. The van der Waals surface area contributed by atoms with E-state index >= 15 is 0 Å². The van der Waals surface area contributed by atoms with Gasteiger partial charge >= 0.3 is 0 Å². The Kier molecular flexibility index (Phi) is 4.42. The molecule has 1 atom stereocenters. The zero-order valence-electron chi connectivity index (χ0n) is 11.0. The summed E-state index contributed by atoms with van der Waals surface area (Å²) in [7, 11) is 0. The van der Waals surface area contributed by atoms with Crippen molar-refractivity contribution >= 4 is 21.8 Å². The Balaban J connectivity index is 2.45. The molecule has 5 heteroatoms. The average Bonchev–Trinajstić information content (AvgIpc) is 2.38. The minimum absolute atomic E-state index is 0.182. The average molecular weight is 335 g/mol. The van der Waals surface area contributed by atoms with Gasteiger partial charge in [0.2, 0.25) is 0 Å².